The first kappa shape index (κ1) is 30.2. The van der Waals surface area contributed by atoms with Gasteiger partial charge < -0.3 is 0 Å². The van der Waals surface area contributed by atoms with E-state index in [1.165, 1.54) is 0 Å². The van der Waals surface area contributed by atoms with Crippen molar-refractivity contribution in [1.29, 1.82) is 0 Å². The summed E-state index contributed by atoms with van der Waals surface area (Å²) in [5, 5.41) is 0. The number of hydrogen-bond donors (Lipinski definition) is 0. The van der Waals surface area contributed by atoms with Crippen molar-refractivity contribution >= 4 is 0 Å². The van der Waals surface area contributed by atoms with E-state index in [0.29, 0.717) is 22.6 Å². The molecule has 0 aliphatic heterocycles. The quantitative estimate of drug-likeness (QED) is 0.165. The third-order valence-electron chi connectivity index (χ3n) is 5.98. The van der Waals surface area contributed by atoms with Gasteiger partial charge in [-0.05, 0) is 72.8 Å². The van der Waals surface area contributed by atoms with E-state index in [1.807, 2.05) is 91.0 Å². The maximum atomic E-state index is 5.65. The van der Waals surface area contributed by atoms with Crippen LogP contribution in [0.2, 0.25) is 0 Å². The third-order valence-corrected chi connectivity index (χ3v) is 5.98. The summed E-state index contributed by atoms with van der Waals surface area (Å²) in [5.74, 6) is 7.76. The Morgan fingerprint density at radius 2 is 0.814 bits per heavy atom. The standard InChI is InChI=1S/C24H14N4.C12H8N2.Ru/c1-3-17-11-12-20(26-16-17)21-9-7-10-22(27-21)24-15-18(4-2)14-23(28-24)19-8-5-6-13-25-19;1-2-10-6-7-12(14-9-10)11-5-3-4-8-13-11;/h1-2,5-16H;1,3-9H;. The Hall–Kier alpha value is -5.80. The molecule has 0 saturated carbocycles. The monoisotopic (exact) mass is 640 g/mol. The molecule has 6 aromatic rings. The van der Waals surface area contributed by atoms with Crippen molar-refractivity contribution in [3.63, 3.8) is 0 Å². The van der Waals surface area contributed by atoms with E-state index in [2.05, 4.69) is 37.7 Å². The van der Waals surface area contributed by atoms with Crippen molar-refractivity contribution < 1.29 is 19.5 Å². The van der Waals surface area contributed by atoms with E-state index in [1.54, 1.807) is 24.8 Å². The average molecular weight is 640 g/mol. The summed E-state index contributed by atoms with van der Waals surface area (Å²) < 4.78 is 0. The van der Waals surface area contributed by atoms with Crippen LogP contribution in [0.25, 0.3) is 45.6 Å². The maximum Gasteiger partial charge on any atom is 0.0907 e. The summed E-state index contributed by atoms with van der Waals surface area (Å²) in [5.41, 5.74) is 8.22. The zero-order chi connectivity index (χ0) is 29.1. The smallest absolute Gasteiger partial charge is 0.0907 e. The molecule has 0 radical (unpaired) electrons. The number of terminal acetylenes is 3. The second-order valence-corrected chi connectivity index (χ2v) is 8.76. The summed E-state index contributed by atoms with van der Waals surface area (Å²) in [4.78, 5) is 26.6. The van der Waals surface area contributed by atoms with Gasteiger partial charge in [-0.1, -0.05) is 36.0 Å². The Balaban J connectivity index is 0.000000238. The van der Waals surface area contributed by atoms with Crippen molar-refractivity contribution in [2.24, 2.45) is 0 Å². The molecule has 0 N–H and O–H groups in total. The average Bonchev–Trinajstić information content (AvgIpc) is 3.09. The molecular weight excluding hydrogens is 618 g/mol. The van der Waals surface area contributed by atoms with Crippen molar-refractivity contribution in [3.8, 4) is 82.6 Å². The molecule has 0 amide bonds. The maximum absolute atomic E-state index is 5.65. The molecule has 204 valence electrons. The van der Waals surface area contributed by atoms with Crippen LogP contribution in [0.4, 0.5) is 0 Å². The van der Waals surface area contributed by atoms with Gasteiger partial charge in [0, 0.05) is 61.0 Å². The van der Waals surface area contributed by atoms with Gasteiger partial charge in [0.25, 0.3) is 0 Å². The minimum atomic E-state index is 0. The van der Waals surface area contributed by atoms with Crippen LogP contribution in [-0.4, -0.2) is 29.9 Å². The Morgan fingerprint density at radius 3 is 1.28 bits per heavy atom. The molecule has 43 heavy (non-hydrogen) atoms. The summed E-state index contributed by atoms with van der Waals surface area (Å²) in [6, 6.07) is 28.2. The van der Waals surface area contributed by atoms with E-state index < -0.39 is 0 Å². The number of rotatable bonds is 4. The first-order valence-electron chi connectivity index (χ1n) is 12.8. The van der Waals surface area contributed by atoms with E-state index in [0.717, 1.165) is 39.6 Å². The van der Waals surface area contributed by atoms with E-state index in [-0.39, 0.29) is 19.5 Å². The summed E-state index contributed by atoms with van der Waals surface area (Å²) in [7, 11) is 0. The Bertz CT molecular complexity index is 1940. The van der Waals surface area contributed by atoms with Gasteiger partial charge in [0.2, 0.25) is 0 Å². The SMILES string of the molecule is C#Cc1ccc(-c2cccc(-c3cc(C#C)cc(-c4ccccn4)n3)n2)nc1.C#Cc1ccc(-c2ccccn2)nc1.[Ru]. The van der Waals surface area contributed by atoms with Crippen LogP contribution in [0.3, 0.4) is 0 Å². The second-order valence-electron chi connectivity index (χ2n) is 8.76. The van der Waals surface area contributed by atoms with Gasteiger partial charge in [0.05, 0.1) is 45.6 Å². The molecule has 0 aliphatic carbocycles. The van der Waals surface area contributed by atoms with Crippen LogP contribution in [0.15, 0.2) is 116 Å². The summed E-state index contributed by atoms with van der Waals surface area (Å²) in [6.45, 7) is 0. The first-order valence-corrected chi connectivity index (χ1v) is 12.8. The number of hydrogen-bond acceptors (Lipinski definition) is 6. The zero-order valence-corrected chi connectivity index (χ0v) is 24.5. The van der Waals surface area contributed by atoms with Gasteiger partial charge in [-0.2, -0.15) is 0 Å². The van der Waals surface area contributed by atoms with Crippen LogP contribution < -0.4 is 0 Å². The number of nitrogens with zero attached hydrogens (tertiary/aromatic N) is 6. The van der Waals surface area contributed by atoms with E-state index >= 15 is 0 Å². The number of pyridine rings is 6. The van der Waals surface area contributed by atoms with Crippen LogP contribution in [-0.2, 0) is 19.5 Å². The van der Waals surface area contributed by atoms with Crippen LogP contribution in [0, 0.1) is 37.0 Å². The molecule has 6 rings (SSSR count). The molecule has 0 aromatic carbocycles. The fourth-order valence-electron chi connectivity index (χ4n) is 3.89. The molecule has 6 nitrogen and oxygen atoms in total. The van der Waals surface area contributed by atoms with E-state index in [9.17, 15) is 0 Å². The fraction of sp³-hybridized carbons (Fsp3) is 0. The van der Waals surface area contributed by atoms with Crippen LogP contribution in [0.5, 0.6) is 0 Å². The van der Waals surface area contributed by atoms with Gasteiger partial charge >= 0.3 is 0 Å². The minimum absolute atomic E-state index is 0. The molecule has 7 heteroatoms. The van der Waals surface area contributed by atoms with Crippen molar-refractivity contribution in [2.45, 2.75) is 0 Å². The van der Waals surface area contributed by atoms with Gasteiger partial charge in [-0.25, -0.2) is 9.97 Å². The summed E-state index contributed by atoms with van der Waals surface area (Å²) >= 11 is 0. The molecule has 0 bridgehead atoms. The van der Waals surface area contributed by atoms with Crippen molar-refractivity contribution in [2.75, 3.05) is 0 Å². The van der Waals surface area contributed by atoms with Crippen molar-refractivity contribution in [1.82, 2.24) is 29.9 Å². The molecule has 0 fully saturated rings. The van der Waals surface area contributed by atoms with Gasteiger partial charge in [-0.3, -0.25) is 19.9 Å². The van der Waals surface area contributed by atoms with Gasteiger partial charge in [0.15, 0.2) is 0 Å². The minimum Gasteiger partial charge on any atom is -0.255 e. The van der Waals surface area contributed by atoms with E-state index in [4.69, 9.17) is 29.2 Å². The largest absolute Gasteiger partial charge is 0.255 e. The van der Waals surface area contributed by atoms with Crippen LogP contribution in [0.1, 0.15) is 16.7 Å². The Kier molecular flexibility index (Phi) is 10.3. The molecule has 0 spiro atoms. The Morgan fingerprint density at radius 1 is 0.395 bits per heavy atom. The number of aromatic nitrogens is 6. The van der Waals surface area contributed by atoms with Gasteiger partial charge in [-0.15, -0.1) is 19.3 Å². The molecule has 0 unspecified atom stereocenters. The van der Waals surface area contributed by atoms with Crippen molar-refractivity contribution in [3.05, 3.63) is 132 Å². The molecular formula is C36H22N6Ru. The topological polar surface area (TPSA) is 77.3 Å². The predicted octanol–water partition coefficient (Wildman–Crippen LogP) is 6.35. The molecule has 0 saturated heterocycles. The normalized spacial score (nSPS) is 9.60. The molecule has 6 heterocycles. The third kappa shape index (κ3) is 7.69. The molecule has 0 atom stereocenters. The first-order chi connectivity index (χ1) is 20.7. The Labute approximate surface area is 263 Å². The molecule has 6 aromatic heterocycles. The predicted molar refractivity (Wildman–Crippen MR) is 165 cm³/mol. The summed E-state index contributed by atoms with van der Waals surface area (Å²) in [6.07, 6.45) is 23.1. The molecule has 0 aliphatic rings. The zero-order valence-electron chi connectivity index (χ0n) is 22.7. The van der Waals surface area contributed by atoms with Gasteiger partial charge in [0.1, 0.15) is 0 Å². The van der Waals surface area contributed by atoms with Crippen LogP contribution >= 0.6 is 0 Å². The second kappa shape index (κ2) is 14.7. The fourth-order valence-corrected chi connectivity index (χ4v) is 3.89.